The fourth-order valence-corrected chi connectivity index (χ4v) is 2.11. The summed E-state index contributed by atoms with van der Waals surface area (Å²) in [5, 5.41) is 13.9. The molecule has 0 aliphatic heterocycles. The minimum absolute atomic E-state index is 0.00809. The number of aromatic nitrogens is 4. The number of carbonyl (C=O) groups is 1. The highest BCUT2D eigenvalue weighted by atomic mass is 16.5. The first-order valence-corrected chi connectivity index (χ1v) is 7.04. The van der Waals surface area contributed by atoms with Crippen LogP contribution in [0.3, 0.4) is 0 Å². The van der Waals surface area contributed by atoms with E-state index in [1.54, 1.807) is 19.1 Å². The molecule has 24 heavy (non-hydrogen) atoms. The highest BCUT2D eigenvalue weighted by Crippen LogP contribution is 2.20. The van der Waals surface area contributed by atoms with Gasteiger partial charge in [-0.05, 0) is 13.0 Å². The maximum absolute atomic E-state index is 12.3. The van der Waals surface area contributed by atoms with Gasteiger partial charge in [-0.2, -0.15) is 4.73 Å². The van der Waals surface area contributed by atoms with Gasteiger partial charge in [0.2, 0.25) is 5.89 Å². The van der Waals surface area contributed by atoms with Gasteiger partial charge >= 0.3 is 0 Å². The Bertz CT molecular complexity index is 879. The maximum Gasteiger partial charge on any atom is 0.274 e. The van der Waals surface area contributed by atoms with Crippen molar-refractivity contribution in [3.8, 4) is 11.6 Å². The minimum Gasteiger partial charge on any atom is -0.619 e. The third kappa shape index (κ3) is 3.14. The predicted molar refractivity (Wildman–Crippen MR) is 83.3 cm³/mol. The summed E-state index contributed by atoms with van der Waals surface area (Å²) in [7, 11) is 0. The molecule has 0 fully saturated rings. The van der Waals surface area contributed by atoms with E-state index in [-0.39, 0.29) is 23.9 Å². The molecular weight excluding hydrogens is 312 g/mol. The summed E-state index contributed by atoms with van der Waals surface area (Å²) in [5.41, 5.74) is 7.34. The second-order valence-electron chi connectivity index (χ2n) is 4.98. The molecule has 0 saturated heterocycles. The molecule has 3 aromatic heterocycles. The minimum atomic E-state index is -0.483. The summed E-state index contributed by atoms with van der Waals surface area (Å²) < 4.78 is 5.83. The molecule has 9 heteroatoms. The quantitative estimate of drug-likeness (QED) is 0.529. The van der Waals surface area contributed by atoms with Crippen LogP contribution in [0.25, 0.3) is 11.6 Å². The lowest BCUT2D eigenvalue weighted by molar-refractivity contribution is -0.605. The molecule has 122 valence electrons. The third-order valence-electron chi connectivity index (χ3n) is 3.24. The molecule has 0 saturated carbocycles. The highest BCUT2D eigenvalue weighted by Gasteiger charge is 2.18. The number of hydrogen-bond acceptors (Lipinski definition) is 7. The van der Waals surface area contributed by atoms with Crippen molar-refractivity contribution in [3.05, 3.63) is 59.1 Å². The number of pyridine rings is 1. The number of amides is 1. The lowest BCUT2D eigenvalue weighted by Gasteiger charge is -2.09. The van der Waals surface area contributed by atoms with Crippen LogP contribution in [-0.2, 0) is 6.54 Å². The molecule has 0 aliphatic carbocycles. The Hall–Kier alpha value is -3.49. The van der Waals surface area contributed by atoms with Crippen LogP contribution in [0.1, 0.15) is 21.7 Å². The van der Waals surface area contributed by atoms with E-state index in [1.165, 1.54) is 24.9 Å². The van der Waals surface area contributed by atoms with Crippen LogP contribution < -0.4 is 15.8 Å². The number of nitrogens with two attached hydrogens (primary N) is 1. The van der Waals surface area contributed by atoms with Crippen molar-refractivity contribution in [1.29, 1.82) is 0 Å². The van der Waals surface area contributed by atoms with Crippen molar-refractivity contribution in [2.75, 3.05) is 5.73 Å². The molecule has 1 amide bonds. The van der Waals surface area contributed by atoms with Crippen LogP contribution in [0.2, 0.25) is 0 Å². The van der Waals surface area contributed by atoms with Crippen molar-refractivity contribution in [2.45, 2.75) is 13.5 Å². The van der Waals surface area contributed by atoms with Gasteiger partial charge < -0.3 is 20.7 Å². The second kappa shape index (κ2) is 6.32. The summed E-state index contributed by atoms with van der Waals surface area (Å²) in [6, 6.07) is 3.32. The Morgan fingerprint density at radius 3 is 3.00 bits per heavy atom. The Morgan fingerprint density at radius 2 is 2.29 bits per heavy atom. The summed E-state index contributed by atoms with van der Waals surface area (Å²) in [4.78, 5) is 24.6. The van der Waals surface area contributed by atoms with Crippen molar-refractivity contribution in [2.24, 2.45) is 0 Å². The van der Waals surface area contributed by atoms with Crippen molar-refractivity contribution >= 4 is 11.7 Å². The number of nitrogen functional groups attached to an aromatic ring is 1. The second-order valence-corrected chi connectivity index (χ2v) is 4.98. The number of nitrogens with zero attached hydrogens (tertiary/aromatic N) is 4. The van der Waals surface area contributed by atoms with Gasteiger partial charge in [0.25, 0.3) is 5.91 Å². The molecule has 0 spiro atoms. The number of hydrogen-bond donors (Lipinski definition) is 2. The van der Waals surface area contributed by atoms with Gasteiger partial charge in [0.1, 0.15) is 12.0 Å². The molecule has 0 atom stereocenters. The van der Waals surface area contributed by atoms with Crippen LogP contribution in [0, 0.1) is 12.1 Å². The van der Waals surface area contributed by atoms with E-state index in [2.05, 4.69) is 20.3 Å². The largest absolute Gasteiger partial charge is 0.619 e. The molecular formula is C15H14N6O3. The number of nitrogens with one attached hydrogen (secondary N) is 1. The van der Waals surface area contributed by atoms with E-state index < -0.39 is 5.91 Å². The average molecular weight is 326 g/mol. The number of anilines is 1. The van der Waals surface area contributed by atoms with Gasteiger partial charge in [-0.25, -0.2) is 15.0 Å². The Kier molecular flexibility index (Phi) is 4.06. The Labute approximate surface area is 136 Å². The van der Waals surface area contributed by atoms with E-state index in [4.69, 9.17) is 10.2 Å². The molecule has 3 rings (SSSR count). The van der Waals surface area contributed by atoms with Crippen molar-refractivity contribution in [1.82, 2.24) is 20.3 Å². The number of oxazole rings is 1. The van der Waals surface area contributed by atoms with Crippen molar-refractivity contribution in [3.63, 3.8) is 0 Å². The standard InChI is InChI=1S/C15H14N6O3/c1-9-11(15-17-4-6-24-15)20-13(16)12(19-9)14(22)18-7-10-3-2-5-21(23)8-10/h2-6,8H,7H2,1H3,(H2,16,20)(H,18,22). The number of aryl methyl sites for hydroxylation is 1. The van der Waals surface area contributed by atoms with E-state index in [0.29, 0.717) is 21.7 Å². The summed E-state index contributed by atoms with van der Waals surface area (Å²) >= 11 is 0. The highest BCUT2D eigenvalue weighted by molar-refractivity contribution is 5.96. The summed E-state index contributed by atoms with van der Waals surface area (Å²) in [6.07, 6.45) is 5.62. The van der Waals surface area contributed by atoms with E-state index in [9.17, 15) is 10.0 Å². The Morgan fingerprint density at radius 1 is 1.46 bits per heavy atom. The SMILES string of the molecule is Cc1nc(C(=O)NCc2ccc[n+]([O-])c2)c(N)nc1-c1ncco1. The van der Waals surface area contributed by atoms with E-state index in [1.807, 2.05) is 0 Å². The smallest absolute Gasteiger partial charge is 0.274 e. The first-order chi connectivity index (χ1) is 11.5. The molecule has 0 aliphatic rings. The van der Waals surface area contributed by atoms with E-state index in [0.717, 1.165) is 0 Å². The van der Waals surface area contributed by atoms with Crippen LogP contribution in [0.4, 0.5) is 5.82 Å². The molecule has 0 aromatic carbocycles. The molecule has 0 unspecified atom stereocenters. The normalized spacial score (nSPS) is 10.5. The molecule has 3 N–H and O–H groups in total. The van der Waals surface area contributed by atoms with Gasteiger partial charge in [0, 0.05) is 18.2 Å². The van der Waals surface area contributed by atoms with Gasteiger partial charge in [-0.3, -0.25) is 4.79 Å². The first kappa shape index (κ1) is 15.4. The van der Waals surface area contributed by atoms with Crippen molar-refractivity contribution < 1.29 is 13.9 Å². The molecule has 9 nitrogen and oxygen atoms in total. The number of rotatable bonds is 4. The van der Waals surface area contributed by atoms with Crippen LogP contribution in [-0.4, -0.2) is 20.9 Å². The molecule has 0 bridgehead atoms. The third-order valence-corrected chi connectivity index (χ3v) is 3.24. The summed E-state index contributed by atoms with van der Waals surface area (Å²) in [5.74, 6) is -0.232. The topological polar surface area (TPSA) is 134 Å². The fourth-order valence-electron chi connectivity index (χ4n) is 2.11. The first-order valence-electron chi connectivity index (χ1n) is 7.04. The Balaban J connectivity index is 1.79. The fraction of sp³-hybridized carbons (Fsp3) is 0.133. The molecule has 3 heterocycles. The maximum atomic E-state index is 12.3. The predicted octanol–water partition coefficient (Wildman–Crippen LogP) is 0.586. The average Bonchev–Trinajstić information content (AvgIpc) is 3.08. The van der Waals surface area contributed by atoms with Crippen LogP contribution >= 0.6 is 0 Å². The lowest BCUT2D eigenvalue weighted by Crippen LogP contribution is -2.29. The van der Waals surface area contributed by atoms with Gasteiger partial charge in [-0.15, -0.1) is 0 Å². The molecule has 0 radical (unpaired) electrons. The lowest BCUT2D eigenvalue weighted by atomic mass is 10.2. The van der Waals surface area contributed by atoms with Crippen LogP contribution in [0.15, 0.2) is 41.4 Å². The monoisotopic (exact) mass is 326 g/mol. The number of carbonyl (C=O) groups excluding carboxylic acids is 1. The zero-order valence-electron chi connectivity index (χ0n) is 12.8. The van der Waals surface area contributed by atoms with Gasteiger partial charge in [-0.1, -0.05) is 0 Å². The van der Waals surface area contributed by atoms with Gasteiger partial charge in [0.05, 0.1) is 11.9 Å². The summed E-state index contributed by atoms with van der Waals surface area (Å²) in [6.45, 7) is 1.85. The zero-order chi connectivity index (χ0) is 17.1. The van der Waals surface area contributed by atoms with E-state index >= 15 is 0 Å². The van der Waals surface area contributed by atoms with Gasteiger partial charge in [0.15, 0.2) is 23.9 Å². The molecule has 3 aromatic rings. The zero-order valence-corrected chi connectivity index (χ0v) is 12.8. The van der Waals surface area contributed by atoms with Crippen LogP contribution in [0.5, 0.6) is 0 Å².